The zero-order valence-corrected chi connectivity index (χ0v) is 18.6. The fourth-order valence-corrected chi connectivity index (χ4v) is 3.56. The Bertz CT molecular complexity index is 545. The van der Waals surface area contributed by atoms with E-state index in [1.165, 1.54) is 0 Å². The van der Waals surface area contributed by atoms with Crippen LogP contribution in [0.4, 0.5) is 0 Å². The second-order valence-corrected chi connectivity index (χ2v) is 8.90. The number of unbranched alkanes of at least 4 members (excludes halogenated alkanes) is 2. The quantitative estimate of drug-likeness (QED) is 0.292. The SMILES string of the molecule is CCCCC(CC)COC(=O)C(CC(=O)OC(CCC)CCCC)S(=O)(=O)O. The summed E-state index contributed by atoms with van der Waals surface area (Å²) in [5.41, 5.74) is 0. The molecule has 28 heavy (non-hydrogen) atoms. The summed E-state index contributed by atoms with van der Waals surface area (Å²) in [6, 6.07) is 0. The van der Waals surface area contributed by atoms with Crippen molar-refractivity contribution in [3.05, 3.63) is 0 Å². The van der Waals surface area contributed by atoms with Crippen LogP contribution in [0.2, 0.25) is 0 Å². The summed E-state index contributed by atoms with van der Waals surface area (Å²) in [5, 5.41) is -1.95. The van der Waals surface area contributed by atoms with Gasteiger partial charge in [0.15, 0.2) is 5.25 Å². The molecule has 0 rings (SSSR count). The Labute approximate surface area is 170 Å². The summed E-state index contributed by atoms with van der Waals surface area (Å²) >= 11 is 0. The van der Waals surface area contributed by atoms with Crippen molar-refractivity contribution in [3.8, 4) is 0 Å². The van der Waals surface area contributed by atoms with Gasteiger partial charge in [-0.3, -0.25) is 14.1 Å². The molecular formula is C20H38O7S. The molecule has 7 nitrogen and oxygen atoms in total. The number of carbonyl (C=O) groups excluding carboxylic acids is 2. The third-order valence-corrected chi connectivity index (χ3v) is 5.85. The molecular weight excluding hydrogens is 384 g/mol. The van der Waals surface area contributed by atoms with Gasteiger partial charge in [-0.05, 0) is 25.2 Å². The van der Waals surface area contributed by atoms with Crippen molar-refractivity contribution in [2.75, 3.05) is 6.61 Å². The Morgan fingerprint density at radius 2 is 1.54 bits per heavy atom. The molecule has 0 aromatic rings. The average Bonchev–Trinajstić information content (AvgIpc) is 2.63. The van der Waals surface area contributed by atoms with Crippen molar-refractivity contribution in [2.24, 2.45) is 5.92 Å². The van der Waals surface area contributed by atoms with Crippen LogP contribution in [-0.2, 0) is 29.2 Å². The monoisotopic (exact) mass is 422 g/mol. The molecule has 3 atom stereocenters. The van der Waals surface area contributed by atoms with Gasteiger partial charge in [-0.25, -0.2) is 0 Å². The molecule has 0 spiro atoms. The van der Waals surface area contributed by atoms with Crippen molar-refractivity contribution in [1.82, 2.24) is 0 Å². The third-order valence-electron chi connectivity index (χ3n) is 4.77. The van der Waals surface area contributed by atoms with E-state index < -0.39 is 33.7 Å². The first-order valence-electron chi connectivity index (χ1n) is 10.5. The highest BCUT2D eigenvalue weighted by atomic mass is 32.2. The highest BCUT2D eigenvalue weighted by molar-refractivity contribution is 7.87. The molecule has 0 aliphatic carbocycles. The van der Waals surface area contributed by atoms with Gasteiger partial charge in [-0.1, -0.05) is 66.2 Å². The minimum atomic E-state index is -4.77. The number of ether oxygens (including phenoxy) is 2. The first-order chi connectivity index (χ1) is 13.2. The Hall–Kier alpha value is -1.15. The molecule has 0 bridgehead atoms. The number of carbonyl (C=O) groups is 2. The highest BCUT2D eigenvalue weighted by Crippen LogP contribution is 2.17. The first-order valence-corrected chi connectivity index (χ1v) is 12.0. The van der Waals surface area contributed by atoms with E-state index in [4.69, 9.17) is 9.47 Å². The van der Waals surface area contributed by atoms with E-state index in [0.717, 1.165) is 44.9 Å². The highest BCUT2D eigenvalue weighted by Gasteiger charge is 2.36. The lowest BCUT2D eigenvalue weighted by molar-refractivity contribution is -0.154. The predicted molar refractivity (Wildman–Crippen MR) is 109 cm³/mol. The fourth-order valence-electron chi connectivity index (χ4n) is 2.90. The zero-order valence-electron chi connectivity index (χ0n) is 17.8. The van der Waals surface area contributed by atoms with Gasteiger partial charge in [-0.15, -0.1) is 0 Å². The van der Waals surface area contributed by atoms with Gasteiger partial charge in [0.1, 0.15) is 6.10 Å². The second kappa shape index (κ2) is 14.8. The van der Waals surface area contributed by atoms with Crippen LogP contribution < -0.4 is 0 Å². The molecule has 0 aromatic heterocycles. The van der Waals surface area contributed by atoms with Gasteiger partial charge >= 0.3 is 11.9 Å². The van der Waals surface area contributed by atoms with E-state index in [2.05, 4.69) is 6.92 Å². The average molecular weight is 423 g/mol. The summed E-state index contributed by atoms with van der Waals surface area (Å²) in [6.45, 7) is 8.10. The van der Waals surface area contributed by atoms with Crippen LogP contribution in [0.5, 0.6) is 0 Å². The maximum atomic E-state index is 12.2. The fraction of sp³-hybridized carbons (Fsp3) is 0.900. The molecule has 3 unspecified atom stereocenters. The second-order valence-electron chi connectivity index (χ2n) is 7.30. The minimum absolute atomic E-state index is 0.0748. The van der Waals surface area contributed by atoms with Crippen molar-refractivity contribution in [2.45, 2.75) is 103 Å². The maximum absolute atomic E-state index is 12.2. The normalized spacial score (nSPS) is 14.9. The topological polar surface area (TPSA) is 107 Å². The van der Waals surface area contributed by atoms with Gasteiger partial charge in [-0.2, -0.15) is 8.42 Å². The van der Waals surface area contributed by atoms with Crippen LogP contribution in [0.25, 0.3) is 0 Å². The largest absolute Gasteiger partial charge is 0.464 e. The van der Waals surface area contributed by atoms with Crippen molar-refractivity contribution in [3.63, 3.8) is 0 Å². The van der Waals surface area contributed by atoms with Crippen LogP contribution >= 0.6 is 0 Å². The number of hydrogen-bond donors (Lipinski definition) is 1. The minimum Gasteiger partial charge on any atom is -0.464 e. The van der Waals surface area contributed by atoms with Crippen LogP contribution in [0.1, 0.15) is 91.9 Å². The van der Waals surface area contributed by atoms with E-state index in [-0.39, 0.29) is 18.6 Å². The standard InChI is InChI=1S/C20H38O7S/c1-5-9-12-16(8-4)15-26-20(22)18(28(23,24)25)14-19(21)27-17(11-7-3)13-10-6-2/h16-18H,5-15H2,1-4H3,(H,23,24,25). The van der Waals surface area contributed by atoms with Gasteiger partial charge in [0.05, 0.1) is 13.0 Å². The number of esters is 2. The Morgan fingerprint density at radius 1 is 0.929 bits per heavy atom. The summed E-state index contributed by atoms with van der Waals surface area (Å²) in [4.78, 5) is 24.4. The molecule has 0 aliphatic heterocycles. The molecule has 0 fully saturated rings. The van der Waals surface area contributed by atoms with Gasteiger partial charge in [0.2, 0.25) is 0 Å². The predicted octanol–water partition coefficient (Wildman–Crippen LogP) is 4.29. The summed E-state index contributed by atoms with van der Waals surface area (Å²) < 4.78 is 43.1. The van der Waals surface area contributed by atoms with Crippen molar-refractivity contribution in [1.29, 1.82) is 0 Å². The summed E-state index contributed by atoms with van der Waals surface area (Å²) in [5.74, 6) is -1.79. The molecule has 0 saturated heterocycles. The van der Waals surface area contributed by atoms with E-state index >= 15 is 0 Å². The Kier molecular flexibility index (Phi) is 14.2. The molecule has 1 N–H and O–H groups in total. The molecule has 0 radical (unpaired) electrons. The lowest BCUT2D eigenvalue weighted by atomic mass is 10.0. The first kappa shape index (κ1) is 26.9. The third kappa shape index (κ3) is 11.6. The maximum Gasteiger partial charge on any atom is 0.327 e. The molecule has 0 aliphatic rings. The van der Waals surface area contributed by atoms with Crippen LogP contribution in [-0.4, -0.2) is 42.9 Å². The number of hydrogen-bond acceptors (Lipinski definition) is 6. The van der Waals surface area contributed by atoms with Crippen LogP contribution in [0.15, 0.2) is 0 Å². The van der Waals surface area contributed by atoms with E-state index in [1.54, 1.807) is 0 Å². The lowest BCUT2D eigenvalue weighted by Crippen LogP contribution is -2.36. The molecule has 0 saturated carbocycles. The Balaban J connectivity index is 4.88. The number of rotatable bonds is 16. The summed E-state index contributed by atoms with van der Waals surface area (Å²) in [7, 11) is -4.77. The summed E-state index contributed by atoms with van der Waals surface area (Å²) in [6.07, 6.45) is 6.63. The van der Waals surface area contributed by atoms with Crippen molar-refractivity contribution >= 4 is 22.1 Å². The van der Waals surface area contributed by atoms with Crippen molar-refractivity contribution < 1.29 is 32.0 Å². The molecule has 8 heteroatoms. The van der Waals surface area contributed by atoms with Crippen LogP contribution in [0, 0.1) is 5.92 Å². The molecule has 0 amide bonds. The molecule has 166 valence electrons. The Morgan fingerprint density at radius 3 is 2.04 bits per heavy atom. The van der Waals surface area contributed by atoms with Crippen LogP contribution in [0.3, 0.4) is 0 Å². The van der Waals surface area contributed by atoms with Gasteiger partial charge in [0, 0.05) is 0 Å². The lowest BCUT2D eigenvalue weighted by Gasteiger charge is -2.20. The van der Waals surface area contributed by atoms with Gasteiger partial charge < -0.3 is 9.47 Å². The van der Waals surface area contributed by atoms with E-state index in [9.17, 15) is 22.6 Å². The van der Waals surface area contributed by atoms with Gasteiger partial charge in [0.25, 0.3) is 10.1 Å². The van der Waals surface area contributed by atoms with E-state index in [1.807, 2.05) is 20.8 Å². The molecule has 0 heterocycles. The smallest absolute Gasteiger partial charge is 0.327 e. The molecule has 0 aromatic carbocycles. The zero-order chi connectivity index (χ0) is 21.6. The van der Waals surface area contributed by atoms with E-state index in [0.29, 0.717) is 12.8 Å².